The van der Waals surface area contributed by atoms with Crippen molar-refractivity contribution in [2.75, 3.05) is 10.6 Å². The van der Waals surface area contributed by atoms with Gasteiger partial charge >= 0.3 is 0 Å². The van der Waals surface area contributed by atoms with E-state index in [1.807, 2.05) is 0 Å². The molecule has 1 aromatic carbocycles. The molecule has 6 heteroatoms. The Morgan fingerprint density at radius 1 is 1.19 bits per heavy atom. The second kappa shape index (κ2) is 6.71. The summed E-state index contributed by atoms with van der Waals surface area (Å²) in [4.78, 5) is 23.5. The maximum atomic E-state index is 11.8. The van der Waals surface area contributed by atoms with E-state index in [4.69, 9.17) is 10.2 Å². The summed E-state index contributed by atoms with van der Waals surface area (Å²) in [6.07, 6.45) is 1.67. The number of hydrogen-bond acceptors (Lipinski definition) is 4. The van der Waals surface area contributed by atoms with Crippen molar-refractivity contribution in [2.45, 2.75) is 19.4 Å². The summed E-state index contributed by atoms with van der Waals surface area (Å²) in [5.41, 5.74) is 6.73. The Morgan fingerprint density at radius 3 is 2.52 bits per heavy atom. The average molecular weight is 287 g/mol. The molecule has 0 aliphatic heterocycles. The highest BCUT2D eigenvalue weighted by Crippen LogP contribution is 2.16. The summed E-state index contributed by atoms with van der Waals surface area (Å²) < 4.78 is 5.01. The van der Waals surface area contributed by atoms with Crippen LogP contribution in [0.15, 0.2) is 47.1 Å². The molecule has 1 unspecified atom stereocenters. The van der Waals surface area contributed by atoms with Crippen molar-refractivity contribution in [3.63, 3.8) is 0 Å². The number of benzene rings is 1. The number of anilines is 2. The third kappa shape index (κ3) is 4.47. The van der Waals surface area contributed by atoms with Crippen LogP contribution in [0.5, 0.6) is 0 Å². The van der Waals surface area contributed by atoms with E-state index in [2.05, 4.69) is 10.6 Å². The molecule has 0 saturated heterocycles. The number of hydrogen-bond donors (Lipinski definition) is 3. The lowest BCUT2D eigenvalue weighted by Gasteiger charge is -2.09. The number of nitrogens with one attached hydrogen (secondary N) is 2. The van der Waals surface area contributed by atoms with Crippen LogP contribution in [0.4, 0.5) is 11.4 Å². The number of carbonyl (C=O) groups is 2. The zero-order valence-corrected chi connectivity index (χ0v) is 11.6. The Balaban J connectivity index is 2.01. The maximum Gasteiger partial charge on any atom is 0.291 e. The van der Waals surface area contributed by atoms with Gasteiger partial charge in [-0.2, -0.15) is 0 Å². The number of carbonyl (C=O) groups excluding carboxylic acids is 2. The molecule has 110 valence electrons. The molecule has 0 aliphatic rings. The van der Waals surface area contributed by atoms with Gasteiger partial charge in [0.25, 0.3) is 5.91 Å². The molecule has 1 heterocycles. The van der Waals surface area contributed by atoms with Gasteiger partial charge in [-0.15, -0.1) is 0 Å². The summed E-state index contributed by atoms with van der Waals surface area (Å²) in [6.45, 7) is 1.76. The summed E-state index contributed by atoms with van der Waals surface area (Å²) in [6, 6.07) is 9.87. The lowest BCUT2D eigenvalue weighted by Crippen LogP contribution is -2.24. The predicted molar refractivity (Wildman–Crippen MR) is 80.0 cm³/mol. The van der Waals surface area contributed by atoms with Crippen molar-refractivity contribution in [3.05, 3.63) is 48.4 Å². The molecule has 21 heavy (non-hydrogen) atoms. The van der Waals surface area contributed by atoms with E-state index in [0.29, 0.717) is 11.4 Å². The summed E-state index contributed by atoms with van der Waals surface area (Å²) in [5.74, 6) is -0.292. The van der Waals surface area contributed by atoms with E-state index in [1.54, 1.807) is 43.3 Å². The second-order valence-electron chi connectivity index (χ2n) is 4.74. The second-order valence-corrected chi connectivity index (χ2v) is 4.74. The molecule has 0 radical (unpaired) electrons. The van der Waals surface area contributed by atoms with Gasteiger partial charge in [0, 0.05) is 23.8 Å². The fourth-order valence-corrected chi connectivity index (χ4v) is 1.78. The van der Waals surface area contributed by atoms with Gasteiger partial charge in [0.1, 0.15) is 0 Å². The van der Waals surface area contributed by atoms with E-state index in [1.165, 1.54) is 6.26 Å². The van der Waals surface area contributed by atoms with Crippen LogP contribution in [-0.2, 0) is 4.79 Å². The fraction of sp³-hybridized carbons (Fsp3) is 0.200. The highest BCUT2D eigenvalue weighted by atomic mass is 16.3. The molecule has 4 N–H and O–H groups in total. The van der Waals surface area contributed by atoms with Gasteiger partial charge in [-0.25, -0.2) is 0 Å². The standard InChI is InChI=1S/C15H17N3O3/c1-10(16)8-14(19)17-11-4-2-5-12(9-11)18-15(20)13-6-3-7-21-13/h2-7,9-10H,8,16H2,1H3,(H,17,19)(H,18,20). The molecule has 0 aliphatic carbocycles. The molecule has 6 nitrogen and oxygen atoms in total. The maximum absolute atomic E-state index is 11.8. The van der Waals surface area contributed by atoms with Crippen LogP contribution in [0, 0.1) is 0 Å². The molecule has 2 aromatic rings. The lowest BCUT2D eigenvalue weighted by atomic mass is 10.2. The molecule has 1 atom stereocenters. The van der Waals surface area contributed by atoms with E-state index < -0.39 is 0 Å². The average Bonchev–Trinajstić information content (AvgIpc) is 2.91. The minimum absolute atomic E-state index is 0.167. The van der Waals surface area contributed by atoms with Gasteiger partial charge in [-0.05, 0) is 37.3 Å². The van der Waals surface area contributed by atoms with Crippen molar-refractivity contribution < 1.29 is 14.0 Å². The number of nitrogens with two attached hydrogens (primary N) is 1. The van der Waals surface area contributed by atoms with Gasteiger partial charge in [0.15, 0.2) is 5.76 Å². The minimum atomic E-state index is -0.348. The lowest BCUT2D eigenvalue weighted by molar-refractivity contribution is -0.116. The van der Waals surface area contributed by atoms with Crippen LogP contribution >= 0.6 is 0 Å². The monoisotopic (exact) mass is 287 g/mol. The highest BCUT2D eigenvalue weighted by Gasteiger charge is 2.10. The van der Waals surface area contributed by atoms with Crippen molar-refractivity contribution in [1.29, 1.82) is 0 Å². The SMILES string of the molecule is CC(N)CC(=O)Nc1cccc(NC(=O)c2ccco2)c1. The molecular formula is C15H17N3O3. The van der Waals surface area contributed by atoms with E-state index >= 15 is 0 Å². The van der Waals surface area contributed by atoms with Crippen molar-refractivity contribution >= 4 is 23.2 Å². The van der Waals surface area contributed by atoms with Crippen LogP contribution in [-0.4, -0.2) is 17.9 Å². The Hall–Kier alpha value is -2.60. The largest absolute Gasteiger partial charge is 0.459 e. The van der Waals surface area contributed by atoms with Gasteiger partial charge < -0.3 is 20.8 Å². The zero-order valence-electron chi connectivity index (χ0n) is 11.6. The van der Waals surface area contributed by atoms with Crippen molar-refractivity contribution in [1.82, 2.24) is 0 Å². The van der Waals surface area contributed by atoms with Crippen LogP contribution in [0.2, 0.25) is 0 Å². The van der Waals surface area contributed by atoms with Gasteiger partial charge in [0.2, 0.25) is 5.91 Å². The topological polar surface area (TPSA) is 97.4 Å². The first-order valence-electron chi connectivity index (χ1n) is 6.55. The molecule has 0 saturated carbocycles. The molecular weight excluding hydrogens is 270 g/mol. The summed E-state index contributed by atoms with van der Waals surface area (Å²) in [5, 5.41) is 5.42. The quantitative estimate of drug-likeness (QED) is 0.785. The summed E-state index contributed by atoms with van der Waals surface area (Å²) in [7, 11) is 0. The first-order valence-corrected chi connectivity index (χ1v) is 6.55. The third-order valence-corrected chi connectivity index (χ3v) is 2.66. The first-order chi connectivity index (χ1) is 10.0. The predicted octanol–water partition coefficient (Wildman–Crippen LogP) is 2.21. The van der Waals surface area contributed by atoms with Crippen LogP contribution in [0.3, 0.4) is 0 Å². The third-order valence-electron chi connectivity index (χ3n) is 2.66. The molecule has 2 rings (SSSR count). The molecule has 0 spiro atoms. The normalized spacial score (nSPS) is 11.7. The molecule has 1 aromatic heterocycles. The minimum Gasteiger partial charge on any atom is -0.459 e. The van der Waals surface area contributed by atoms with Gasteiger partial charge in [0.05, 0.1) is 6.26 Å². The Bertz CT molecular complexity index is 621. The Kier molecular flexibility index (Phi) is 4.73. The molecule has 0 fully saturated rings. The number of amides is 2. The Labute approximate surface area is 122 Å². The van der Waals surface area contributed by atoms with Gasteiger partial charge in [-0.1, -0.05) is 6.07 Å². The first kappa shape index (κ1) is 14.8. The highest BCUT2D eigenvalue weighted by molar-refractivity contribution is 6.02. The van der Waals surface area contributed by atoms with Crippen LogP contribution in [0.1, 0.15) is 23.9 Å². The number of rotatable bonds is 5. The Morgan fingerprint density at radius 2 is 1.90 bits per heavy atom. The number of furan rings is 1. The zero-order chi connectivity index (χ0) is 15.2. The van der Waals surface area contributed by atoms with Gasteiger partial charge in [-0.3, -0.25) is 9.59 Å². The van der Waals surface area contributed by atoms with E-state index in [-0.39, 0.29) is 30.0 Å². The van der Waals surface area contributed by atoms with Crippen LogP contribution in [0.25, 0.3) is 0 Å². The smallest absolute Gasteiger partial charge is 0.291 e. The van der Waals surface area contributed by atoms with Crippen LogP contribution < -0.4 is 16.4 Å². The summed E-state index contributed by atoms with van der Waals surface area (Å²) >= 11 is 0. The molecule has 0 bridgehead atoms. The van der Waals surface area contributed by atoms with Crippen molar-refractivity contribution in [2.24, 2.45) is 5.73 Å². The molecule has 2 amide bonds. The van der Waals surface area contributed by atoms with E-state index in [9.17, 15) is 9.59 Å². The van der Waals surface area contributed by atoms with E-state index in [0.717, 1.165) is 0 Å². The van der Waals surface area contributed by atoms with Crippen molar-refractivity contribution in [3.8, 4) is 0 Å². The fourth-order valence-electron chi connectivity index (χ4n) is 1.78.